The van der Waals surface area contributed by atoms with E-state index in [-0.39, 0.29) is 0 Å². The van der Waals surface area contributed by atoms with Crippen LogP contribution in [0.25, 0.3) is 38.6 Å². The Labute approximate surface area is 374 Å². The summed E-state index contributed by atoms with van der Waals surface area (Å²) < 4.78 is 2.38. The highest BCUT2D eigenvalue weighted by atomic mass is 15.2. The lowest BCUT2D eigenvalue weighted by atomic mass is 10.0. The highest BCUT2D eigenvalue weighted by molar-refractivity contribution is 6.11. The third-order valence-corrected chi connectivity index (χ3v) is 11.9. The Balaban J connectivity index is 1.19. The molecule has 4 nitrogen and oxygen atoms in total. The van der Waals surface area contributed by atoms with E-state index in [0.29, 0.717) is 0 Å². The predicted molar refractivity (Wildman–Crippen MR) is 270 cm³/mol. The summed E-state index contributed by atoms with van der Waals surface area (Å²) in [6.07, 6.45) is 0. The molecule has 64 heavy (non-hydrogen) atoms. The Kier molecular flexibility index (Phi) is 10.2. The molecule has 1 aromatic heterocycles. The lowest BCUT2D eigenvalue weighted by molar-refractivity contribution is 1.18. The fourth-order valence-electron chi connectivity index (χ4n) is 9.01. The number of fused-ring (bicyclic) bond motifs is 3. The fourth-order valence-corrected chi connectivity index (χ4v) is 9.01. The van der Waals surface area contributed by atoms with Gasteiger partial charge in [-0.2, -0.15) is 0 Å². The second-order valence-electron chi connectivity index (χ2n) is 15.9. The molecule has 11 rings (SSSR count). The van der Waals surface area contributed by atoms with Gasteiger partial charge in [-0.15, -0.1) is 0 Å². The largest absolute Gasteiger partial charge is 0.310 e. The summed E-state index contributed by atoms with van der Waals surface area (Å²) in [6, 6.07) is 95.5. The molecule has 0 aliphatic rings. The van der Waals surface area contributed by atoms with Crippen LogP contribution in [0.15, 0.2) is 267 Å². The molecule has 0 N–H and O–H groups in total. The van der Waals surface area contributed by atoms with Gasteiger partial charge in [-0.25, -0.2) is 0 Å². The highest BCUT2D eigenvalue weighted by Gasteiger charge is 2.23. The number of hydrogen-bond acceptors (Lipinski definition) is 3. The van der Waals surface area contributed by atoms with Gasteiger partial charge in [-0.05, 0) is 126 Å². The molecule has 0 atom stereocenters. The average Bonchev–Trinajstić information content (AvgIpc) is 3.70. The molecule has 0 spiro atoms. The first kappa shape index (κ1) is 38.3. The van der Waals surface area contributed by atoms with Crippen molar-refractivity contribution in [3.8, 4) is 16.8 Å². The Morgan fingerprint density at radius 1 is 0.219 bits per heavy atom. The Bertz CT molecular complexity index is 3120. The van der Waals surface area contributed by atoms with E-state index < -0.39 is 0 Å². The van der Waals surface area contributed by atoms with Crippen LogP contribution in [0.1, 0.15) is 0 Å². The molecule has 0 aliphatic heterocycles. The third-order valence-electron chi connectivity index (χ3n) is 11.9. The standard InChI is InChI=1S/C60H44N4/c1-7-21-45(22-8-1)46-35-37-52(38-36-46)63(53-39-40-60-58(44-53)57-33-19-20-34-59(57)64(60)51-31-17-6-18-32-51)56-42-54(61(47-23-9-2-10-24-47)48-25-11-3-12-26-48)41-55(43-56)62(49-27-13-4-14-28-49)50-29-15-5-16-30-50/h1-44H. The summed E-state index contributed by atoms with van der Waals surface area (Å²) in [6.45, 7) is 0. The van der Waals surface area contributed by atoms with E-state index in [4.69, 9.17) is 0 Å². The van der Waals surface area contributed by atoms with E-state index in [9.17, 15) is 0 Å². The van der Waals surface area contributed by atoms with E-state index in [1.807, 2.05) is 0 Å². The molecule has 4 heteroatoms. The lowest BCUT2D eigenvalue weighted by Gasteiger charge is -2.33. The van der Waals surface area contributed by atoms with Gasteiger partial charge in [0.05, 0.1) is 28.1 Å². The van der Waals surface area contributed by atoms with Crippen LogP contribution < -0.4 is 14.7 Å². The minimum absolute atomic E-state index is 1.01. The monoisotopic (exact) mass is 820 g/mol. The van der Waals surface area contributed by atoms with Crippen LogP contribution >= 0.6 is 0 Å². The van der Waals surface area contributed by atoms with E-state index in [1.165, 1.54) is 27.4 Å². The van der Waals surface area contributed by atoms with E-state index >= 15 is 0 Å². The fraction of sp³-hybridized carbons (Fsp3) is 0. The van der Waals surface area contributed by atoms with Crippen LogP contribution in [-0.4, -0.2) is 4.57 Å². The maximum absolute atomic E-state index is 2.41. The summed E-state index contributed by atoms with van der Waals surface area (Å²) in [4.78, 5) is 7.13. The predicted octanol–water partition coefficient (Wildman–Crippen LogP) is 16.9. The first-order chi connectivity index (χ1) is 31.8. The first-order valence-corrected chi connectivity index (χ1v) is 21.8. The quantitative estimate of drug-likeness (QED) is 0.129. The maximum Gasteiger partial charge on any atom is 0.0542 e. The number of rotatable bonds is 11. The molecule has 0 fully saturated rings. The molecule has 0 aliphatic carbocycles. The van der Waals surface area contributed by atoms with Crippen LogP contribution in [0.3, 0.4) is 0 Å². The second kappa shape index (κ2) is 17.0. The van der Waals surface area contributed by atoms with Crippen molar-refractivity contribution in [1.29, 1.82) is 0 Å². The minimum Gasteiger partial charge on any atom is -0.310 e. The molecule has 0 radical (unpaired) electrons. The average molecular weight is 821 g/mol. The van der Waals surface area contributed by atoms with Crippen molar-refractivity contribution in [3.05, 3.63) is 267 Å². The zero-order valence-electron chi connectivity index (χ0n) is 35.2. The molecule has 0 unspecified atom stereocenters. The third kappa shape index (κ3) is 7.33. The first-order valence-electron chi connectivity index (χ1n) is 21.8. The summed E-state index contributed by atoms with van der Waals surface area (Å²) in [5, 5.41) is 2.39. The van der Waals surface area contributed by atoms with Gasteiger partial charge in [-0.1, -0.05) is 152 Å². The molecule has 0 amide bonds. The number of hydrogen-bond donors (Lipinski definition) is 0. The van der Waals surface area contributed by atoms with Crippen LogP contribution in [0, 0.1) is 0 Å². The Morgan fingerprint density at radius 2 is 0.562 bits per heavy atom. The molecule has 1 heterocycles. The van der Waals surface area contributed by atoms with Crippen LogP contribution in [0.2, 0.25) is 0 Å². The van der Waals surface area contributed by atoms with E-state index in [1.54, 1.807) is 0 Å². The van der Waals surface area contributed by atoms with E-state index in [0.717, 1.165) is 62.4 Å². The van der Waals surface area contributed by atoms with Gasteiger partial charge >= 0.3 is 0 Å². The Morgan fingerprint density at radius 3 is 1.05 bits per heavy atom. The lowest BCUT2D eigenvalue weighted by Crippen LogP contribution is -2.16. The summed E-state index contributed by atoms with van der Waals surface area (Å²) in [7, 11) is 0. The van der Waals surface area contributed by atoms with Crippen molar-refractivity contribution in [2.24, 2.45) is 0 Å². The number of anilines is 9. The topological polar surface area (TPSA) is 14.7 Å². The van der Waals surface area contributed by atoms with Crippen molar-refractivity contribution >= 4 is 73.0 Å². The summed E-state index contributed by atoms with van der Waals surface area (Å²) in [5.74, 6) is 0. The maximum atomic E-state index is 2.41. The number of benzene rings is 10. The van der Waals surface area contributed by atoms with Gasteiger partial charge in [0, 0.05) is 50.6 Å². The highest BCUT2D eigenvalue weighted by Crippen LogP contribution is 2.47. The number of para-hydroxylation sites is 6. The van der Waals surface area contributed by atoms with Crippen molar-refractivity contribution < 1.29 is 0 Å². The minimum atomic E-state index is 1.01. The van der Waals surface area contributed by atoms with Gasteiger partial charge in [0.15, 0.2) is 0 Å². The molecule has 0 saturated heterocycles. The molecule has 11 aromatic rings. The Hall–Kier alpha value is -8.60. The van der Waals surface area contributed by atoms with Crippen molar-refractivity contribution in [2.75, 3.05) is 14.7 Å². The van der Waals surface area contributed by atoms with E-state index in [2.05, 4.69) is 286 Å². The van der Waals surface area contributed by atoms with Crippen LogP contribution in [-0.2, 0) is 0 Å². The molecule has 0 bridgehead atoms. The van der Waals surface area contributed by atoms with Gasteiger partial charge in [0.2, 0.25) is 0 Å². The molecular formula is C60H44N4. The van der Waals surface area contributed by atoms with Crippen molar-refractivity contribution in [3.63, 3.8) is 0 Å². The summed E-state index contributed by atoms with van der Waals surface area (Å²) in [5.41, 5.74) is 15.2. The summed E-state index contributed by atoms with van der Waals surface area (Å²) >= 11 is 0. The normalized spacial score (nSPS) is 11.1. The number of aromatic nitrogens is 1. The smallest absolute Gasteiger partial charge is 0.0542 e. The van der Waals surface area contributed by atoms with Crippen molar-refractivity contribution in [1.82, 2.24) is 4.57 Å². The number of nitrogens with zero attached hydrogens (tertiary/aromatic N) is 4. The van der Waals surface area contributed by atoms with Crippen LogP contribution in [0.5, 0.6) is 0 Å². The van der Waals surface area contributed by atoms with Gasteiger partial charge in [-0.3, -0.25) is 0 Å². The molecule has 304 valence electrons. The SMILES string of the molecule is c1ccc(-c2ccc(N(c3cc(N(c4ccccc4)c4ccccc4)cc(N(c4ccccc4)c4ccccc4)c3)c3ccc4c(c3)c3ccccc3n4-c3ccccc3)cc2)cc1. The second-order valence-corrected chi connectivity index (χ2v) is 15.9. The van der Waals surface area contributed by atoms with Crippen LogP contribution in [0.4, 0.5) is 51.2 Å². The van der Waals surface area contributed by atoms with Crippen molar-refractivity contribution in [2.45, 2.75) is 0 Å². The van der Waals surface area contributed by atoms with Gasteiger partial charge < -0.3 is 19.3 Å². The molecular weight excluding hydrogens is 777 g/mol. The molecule has 10 aromatic carbocycles. The zero-order chi connectivity index (χ0) is 42.7. The van der Waals surface area contributed by atoms with Gasteiger partial charge in [0.25, 0.3) is 0 Å². The zero-order valence-corrected chi connectivity index (χ0v) is 35.2. The van der Waals surface area contributed by atoms with Gasteiger partial charge in [0.1, 0.15) is 0 Å². The molecule has 0 saturated carbocycles.